The fourth-order valence-corrected chi connectivity index (χ4v) is 3.35. The van der Waals surface area contributed by atoms with E-state index in [4.69, 9.17) is 18.6 Å². The summed E-state index contributed by atoms with van der Waals surface area (Å²) in [4.78, 5) is 24.9. The third kappa shape index (κ3) is 6.38. The third-order valence-corrected chi connectivity index (χ3v) is 5.56. The molecule has 0 spiro atoms. The van der Waals surface area contributed by atoms with Gasteiger partial charge >= 0.3 is 12.1 Å². The zero-order valence-electron chi connectivity index (χ0n) is 18.3. The van der Waals surface area contributed by atoms with Gasteiger partial charge in [0.25, 0.3) is 0 Å². The Bertz CT molecular complexity index is 881. The highest BCUT2D eigenvalue weighted by Gasteiger charge is 2.41. The zero-order valence-corrected chi connectivity index (χ0v) is 19.1. The van der Waals surface area contributed by atoms with Crippen LogP contribution in [0.5, 0.6) is 0 Å². The molecule has 2 aromatic rings. The van der Waals surface area contributed by atoms with E-state index in [1.807, 2.05) is 0 Å². The molecule has 0 saturated carbocycles. The average Bonchev–Trinajstić information content (AvgIpc) is 3.09. The van der Waals surface area contributed by atoms with E-state index in [1.54, 1.807) is 72.1 Å². The molecule has 1 unspecified atom stereocenters. The maximum Gasteiger partial charge on any atom is 0.509 e. The first-order valence-electron chi connectivity index (χ1n) is 9.44. The fraction of sp³-hybridized carbons (Fsp3) is 0.524. The molecule has 1 N–H and O–H groups in total. The molecule has 0 aliphatic heterocycles. The standard InChI is InChI=1S/C21H29NO7S/c1-20(2,3)29-19(24)28-17(18(23)26-7)16(22-30(25)21(4,5)6)14-9-8-13-10-11-27-15(13)12-14/h8-12,16-17,22H,1-7H3/t16-,17+,30?/m1/s1. The summed E-state index contributed by atoms with van der Waals surface area (Å²) in [6, 6.07) is 6.05. The van der Waals surface area contributed by atoms with Gasteiger partial charge < -0.3 is 23.2 Å². The van der Waals surface area contributed by atoms with Crippen molar-refractivity contribution in [1.29, 1.82) is 0 Å². The highest BCUT2D eigenvalue weighted by atomic mass is 32.2. The average molecular weight is 440 g/mol. The van der Waals surface area contributed by atoms with Crippen LogP contribution in [0.1, 0.15) is 53.1 Å². The summed E-state index contributed by atoms with van der Waals surface area (Å²) < 4.78 is 35.9. The maximum absolute atomic E-state index is 12.8. The van der Waals surface area contributed by atoms with Crippen molar-refractivity contribution in [2.75, 3.05) is 7.11 Å². The molecule has 1 aromatic heterocycles. The Morgan fingerprint density at radius 2 is 1.80 bits per heavy atom. The van der Waals surface area contributed by atoms with Gasteiger partial charge in [-0.15, -0.1) is 4.72 Å². The van der Waals surface area contributed by atoms with Gasteiger partial charge in [0.2, 0.25) is 6.10 Å². The van der Waals surface area contributed by atoms with Crippen molar-refractivity contribution in [1.82, 2.24) is 4.72 Å². The minimum atomic E-state index is -1.59. The lowest BCUT2D eigenvalue weighted by Crippen LogP contribution is -2.48. The normalized spacial score (nSPS) is 15.3. The molecule has 30 heavy (non-hydrogen) atoms. The summed E-state index contributed by atoms with van der Waals surface area (Å²) in [5, 5.41) is 0.858. The molecule has 0 aliphatic carbocycles. The van der Waals surface area contributed by atoms with Crippen molar-refractivity contribution >= 4 is 34.5 Å². The van der Waals surface area contributed by atoms with E-state index in [-0.39, 0.29) is 0 Å². The van der Waals surface area contributed by atoms with Gasteiger partial charge in [-0.25, -0.2) is 9.59 Å². The number of benzene rings is 1. The van der Waals surface area contributed by atoms with Gasteiger partial charge in [0.15, 0.2) is 0 Å². The van der Waals surface area contributed by atoms with E-state index < -0.39 is 46.0 Å². The van der Waals surface area contributed by atoms with Crippen molar-refractivity contribution in [3.05, 3.63) is 36.1 Å². The van der Waals surface area contributed by atoms with Gasteiger partial charge in [-0.05, 0) is 59.2 Å². The van der Waals surface area contributed by atoms with Crippen LogP contribution >= 0.6 is 0 Å². The van der Waals surface area contributed by atoms with E-state index in [2.05, 4.69) is 4.72 Å². The summed E-state index contributed by atoms with van der Waals surface area (Å²) in [5.74, 6) is -0.816. The van der Waals surface area contributed by atoms with E-state index in [0.717, 1.165) is 5.39 Å². The molecule has 9 heteroatoms. The maximum atomic E-state index is 12.8. The van der Waals surface area contributed by atoms with E-state index in [9.17, 15) is 14.1 Å². The number of nitrogens with one attached hydrogen (secondary N) is 1. The van der Waals surface area contributed by atoms with Gasteiger partial charge in [-0.2, -0.15) is 0 Å². The predicted octanol–water partition coefficient (Wildman–Crippen LogP) is 4.02. The van der Waals surface area contributed by atoms with Crippen molar-refractivity contribution in [3.8, 4) is 0 Å². The summed E-state index contributed by atoms with van der Waals surface area (Å²) in [6.45, 7) is 10.4. The monoisotopic (exact) mass is 439 g/mol. The number of hydrogen-bond acceptors (Lipinski definition) is 8. The van der Waals surface area contributed by atoms with E-state index in [1.165, 1.54) is 7.11 Å². The SMILES string of the molecule is COC(=O)[C@@H](OC(=O)OC(C)(C)C)[C@H](N[S+]([O-])C(C)(C)C)c1ccc2ccoc2c1. The molecule has 0 fully saturated rings. The minimum absolute atomic E-state index is 0.536. The number of furan rings is 1. The molecule has 3 atom stereocenters. The Kier molecular flexibility index (Phi) is 7.44. The first-order chi connectivity index (χ1) is 13.8. The number of carbonyl (C=O) groups is 2. The third-order valence-electron chi connectivity index (χ3n) is 3.98. The predicted molar refractivity (Wildman–Crippen MR) is 113 cm³/mol. The van der Waals surface area contributed by atoms with Crippen LogP contribution in [0.3, 0.4) is 0 Å². The molecule has 1 heterocycles. The Balaban J connectivity index is 2.45. The van der Waals surface area contributed by atoms with Crippen LogP contribution in [0, 0.1) is 0 Å². The molecular formula is C21H29NO7S. The number of ether oxygens (including phenoxy) is 3. The number of carbonyl (C=O) groups excluding carboxylic acids is 2. The quantitative estimate of drug-likeness (QED) is 0.531. The molecule has 8 nitrogen and oxygen atoms in total. The molecule has 0 saturated heterocycles. The van der Waals surface area contributed by atoms with Crippen LogP contribution < -0.4 is 4.72 Å². The highest BCUT2D eigenvalue weighted by molar-refractivity contribution is 7.90. The summed E-state index contributed by atoms with van der Waals surface area (Å²) in [7, 11) is 1.18. The van der Waals surface area contributed by atoms with Gasteiger partial charge in [0.05, 0.1) is 13.4 Å². The van der Waals surface area contributed by atoms with Crippen molar-refractivity contribution in [2.45, 2.75) is 64.0 Å². The lowest BCUT2D eigenvalue weighted by atomic mass is 10.0. The van der Waals surface area contributed by atoms with Crippen LogP contribution in [-0.2, 0) is 30.4 Å². The molecule has 0 amide bonds. The zero-order chi connectivity index (χ0) is 22.7. The number of methoxy groups -OCH3 is 1. The van der Waals surface area contributed by atoms with Crippen LogP contribution in [0.2, 0.25) is 0 Å². The van der Waals surface area contributed by atoms with Crippen LogP contribution in [0.4, 0.5) is 4.79 Å². The molecule has 166 valence electrons. The van der Waals surface area contributed by atoms with Crippen molar-refractivity contribution in [2.24, 2.45) is 0 Å². The van der Waals surface area contributed by atoms with E-state index >= 15 is 0 Å². The molecule has 0 bridgehead atoms. The largest absolute Gasteiger partial charge is 0.598 e. The number of rotatable bonds is 6. The number of esters is 1. The second-order valence-electron chi connectivity index (χ2n) is 8.72. The van der Waals surface area contributed by atoms with Gasteiger partial charge in [-0.1, -0.05) is 12.1 Å². The lowest BCUT2D eigenvalue weighted by molar-refractivity contribution is -0.154. The Morgan fingerprint density at radius 3 is 2.37 bits per heavy atom. The molecule has 0 radical (unpaired) electrons. The minimum Gasteiger partial charge on any atom is -0.598 e. The van der Waals surface area contributed by atoms with Crippen molar-refractivity contribution < 1.29 is 32.8 Å². The Morgan fingerprint density at radius 1 is 1.13 bits per heavy atom. The topological polar surface area (TPSA) is 110 Å². The first kappa shape index (κ1) is 24.0. The highest BCUT2D eigenvalue weighted by Crippen LogP contribution is 2.29. The summed E-state index contributed by atoms with van der Waals surface area (Å²) in [5.41, 5.74) is 0.290. The Labute approximate surface area is 179 Å². The second-order valence-corrected chi connectivity index (χ2v) is 10.7. The second kappa shape index (κ2) is 9.28. The number of fused-ring (bicyclic) bond motifs is 1. The molecular weight excluding hydrogens is 410 g/mol. The summed E-state index contributed by atoms with van der Waals surface area (Å²) >= 11 is -1.59. The van der Waals surface area contributed by atoms with Crippen molar-refractivity contribution in [3.63, 3.8) is 0 Å². The smallest absolute Gasteiger partial charge is 0.509 e. The Hall–Kier alpha value is -2.23. The van der Waals surface area contributed by atoms with Gasteiger partial charge in [-0.3, -0.25) is 0 Å². The number of hydrogen-bond donors (Lipinski definition) is 1. The van der Waals surface area contributed by atoms with E-state index in [0.29, 0.717) is 11.1 Å². The van der Waals surface area contributed by atoms with Crippen LogP contribution in [-0.4, -0.2) is 40.2 Å². The fourth-order valence-electron chi connectivity index (χ4n) is 2.51. The lowest BCUT2D eigenvalue weighted by Gasteiger charge is -2.31. The van der Waals surface area contributed by atoms with Crippen LogP contribution in [0.15, 0.2) is 34.9 Å². The summed E-state index contributed by atoms with van der Waals surface area (Å²) in [6.07, 6.45) is -0.937. The molecule has 0 aliphatic rings. The van der Waals surface area contributed by atoms with Gasteiger partial charge in [0, 0.05) is 16.7 Å². The first-order valence-corrected chi connectivity index (χ1v) is 10.6. The molecule has 1 aromatic carbocycles. The van der Waals surface area contributed by atoms with Crippen LogP contribution in [0.25, 0.3) is 11.0 Å². The molecule has 2 rings (SSSR count). The van der Waals surface area contributed by atoms with Gasteiger partial charge in [0.1, 0.15) is 22.0 Å².